The summed E-state index contributed by atoms with van der Waals surface area (Å²) in [5, 5.41) is 6.15. The van der Waals surface area contributed by atoms with E-state index in [1.54, 1.807) is 6.07 Å². The second-order valence-corrected chi connectivity index (χ2v) is 3.58. The number of nitrogens with one attached hydrogen (secondary N) is 2. The zero-order chi connectivity index (χ0) is 9.80. The zero-order valence-electron chi connectivity index (χ0n) is 7.95. The van der Waals surface area contributed by atoms with Crippen LogP contribution in [0.25, 0.3) is 0 Å². The molecule has 0 aromatic carbocycles. The summed E-state index contributed by atoms with van der Waals surface area (Å²) in [4.78, 5) is 11.5. The lowest BCUT2D eigenvalue weighted by Gasteiger charge is -2.08. The Hall–Kier alpha value is -1.29. The van der Waals surface area contributed by atoms with E-state index in [4.69, 9.17) is 4.42 Å². The molecule has 0 saturated carbocycles. The van der Waals surface area contributed by atoms with Crippen molar-refractivity contribution < 1.29 is 9.21 Å². The van der Waals surface area contributed by atoms with E-state index in [0.717, 1.165) is 26.1 Å². The maximum Gasteiger partial charge on any atom is 0.254 e. The molecule has 1 aliphatic rings. The normalized spacial score (nSPS) is 21.0. The van der Waals surface area contributed by atoms with E-state index in [2.05, 4.69) is 10.6 Å². The van der Waals surface area contributed by atoms with Gasteiger partial charge in [-0.2, -0.15) is 0 Å². The van der Waals surface area contributed by atoms with E-state index in [0.29, 0.717) is 11.5 Å². The van der Waals surface area contributed by atoms with Gasteiger partial charge in [-0.05, 0) is 31.5 Å². The average molecular weight is 194 g/mol. The molecule has 76 valence electrons. The molecule has 2 heterocycles. The van der Waals surface area contributed by atoms with Crippen molar-refractivity contribution in [2.24, 2.45) is 5.92 Å². The molecule has 1 saturated heterocycles. The number of rotatable bonds is 3. The van der Waals surface area contributed by atoms with Crippen LogP contribution in [0, 0.1) is 5.92 Å². The van der Waals surface area contributed by atoms with E-state index < -0.39 is 0 Å². The Morgan fingerprint density at radius 3 is 3.29 bits per heavy atom. The van der Waals surface area contributed by atoms with Crippen molar-refractivity contribution >= 4 is 5.91 Å². The number of amides is 1. The molecular formula is C10H14N2O2. The van der Waals surface area contributed by atoms with Crippen molar-refractivity contribution in [1.29, 1.82) is 0 Å². The van der Waals surface area contributed by atoms with Crippen LogP contribution in [-0.2, 0) is 0 Å². The summed E-state index contributed by atoms with van der Waals surface area (Å²) in [6.45, 7) is 2.81. The van der Waals surface area contributed by atoms with Crippen molar-refractivity contribution in [1.82, 2.24) is 10.6 Å². The van der Waals surface area contributed by atoms with Gasteiger partial charge in [-0.1, -0.05) is 0 Å². The first-order chi connectivity index (χ1) is 6.86. The average Bonchev–Trinajstić information content (AvgIpc) is 2.87. The molecule has 1 atom stereocenters. The van der Waals surface area contributed by atoms with Gasteiger partial charge >= 0.3 is 0 Å². The molecule has 4 heteroatoms. The standard InChI is InChI=1S/C10H14N2O2/c13-10(9-2-4-14-7-9)12-6-8-1-3-11-5-8/h2,4,7-8,11H,1,3,5-6H2,(H,12,13). The minimum atomic E-state index is -0.0503. The van der Waals surface area contributed by atoms with Gasteiger partial charge in [-0.15, -0.1) is 0 Å². The quantitative estimate of drug-likeness (QED) is 0.741. The number of hydrogen-bond donors (Lipinski definition) is 2. The number of furan rings is 1. The minimum Gasteiger partial charge on any atom is -0.472 e. The van der Waals surface area contributed by atoms with Gasteiger partial charge in [0.05, 0.1) is 11.8 Å². The summed E-state index contributed by atoms with van der Waals surface area (Å²) in [6, 6.07) is 1.67. The van der Waals surface area contributed by atoms with Crippen molar-refractivity contribution in [3.05, 3.63) is 24.2 Å². The molecule has 0 radical (unpaired) electrons. The Labute approximate surface area is 82.7 Å². The summed E-state index contributed by atoms with van der Waals surface area (Å²) in [5.41, 5.74) is 0.593. The van der Waals surface area contributed by atoms with E-state index in [1.165, 1.54) is 12.5 Å². The summed E-state index contributed by atoms with van der Waals surface area (Å²) in [5.74, 6) is 0.525. The van der Waals surface area contributed by atoms with Crippen molar-refractivity contribution in [2.75, 3.05) is 19.6 Å². The molecule has 2 N–H and O–H groups in total. The van der Waals surface area contributed by atoms with Crippen molar-refractivity contribution in [2.45, 2.75) is 6.42 Å². The van der Waals surface area contributed by atoms with Crippen LogP contribution < -0.4 is 10.6 Å². The first-order valence-electron chi connectivity index (χ1n) is 4.87. The van der Waals surface area contributed by atoms with E-state index in [9.17, 15) is 4.79 Å². The maximum atomic E-state index is 11.5. The highest BCUT2D eigenvalue weighted by molar-refractivity contribution is 5.93. The van der Waals surface area contributed by atoms with Crippen LogP contribution in [0.15, 0.2) is 23.0 Å². The third-order valence-electron chi connectivity index (χ3n) is 2.50. The van der Waals surface area contributed by atoms with E-state index in [1.807, 2.05) is 0 Å². The van der Waals surface area contributed by atoms with Crippen molar-refractivity contribution in [3.63, 3.8) is 0 Å². The number of carbonyl (C=O) groups excluding carboxylic acids is 1. The van der Waals surface area contributed by atoms with Crippen molar-refractivity contribution in [3.8, 4) is 0 Å². The van der Waals surface area contributed by atoms with Gasteiger partial charge in [0.1, 0.15) is 6.26 Å². The van der Waals surface area contributed by atoms with Crippen LogP contribution in [0.1, 0.15) is 16.8 Å². The lowest BCUT2D eigenvalue weighted by atomic mass is 10.1. The van der Waals surface area contributed by atoms with Gasteiger partial charge in [-0.3, -0.25) is 4.79 Å². The predicted octanol–water partition coefficient (Wildman–Crippen LogP) is 0.619. The molecule has 1 amide bonds. The molecule has 4 nitrogen and oxygen atoms in total. The fraction of sp³-hybridized carbons (Fsp3) is 0.500. The van der Waals surface area contributed by atoms with Gasteiger partial charge in [0.25, 0.3) is 5.91 Å². The lowest BCUT2D eigenvalue weighted by Crippen LogP contribution is -2.29. The van der Waals surface area contributed by atoms with Crippen LogP contribution in [-0.4, -0.2) is 25.5 Å². The molecule has 1 aliphatic heterocycles. The summed E-state index contributed by atoms with van der Waals surface area (Å²) in [6.07, 6.45) is 4.11. The molecule has 0 bridgehead atoms. The van der Waals surface area contributed by atoms with Crippen LogP contribution >= 0.6 is 0 Å². The van der Waals surface area contributed by atoms with Crippen LogP contribution in [0.4, 0.5) is 0 Å². The Kier molecular flexibility index (Phi) is 2.84. The van der Waals surface area contributed by atoms with Crippen LogP contribution in [0.5, 0.6) is 0 Å². The molecule has 1 fully saturated rings. The van der Waals surface area contributed by atoms with Gasteiger partial charge in [0, 0.05) is 6.54 Å². The Morgan fingerprint density at radius 2 is 2.64 bits per heavy atom. The van der Waals surface area contributed by atoms with Crippen LogP contribution in [0.3, 0.4) is 0 Å². The Balaban J connectivity index is 1.78. The Bertz CT molecular complexity index is 289. The lowest BCUT2D eigenvalue weighted by molar-refractivity contribution is 0.0947. The van der Waals surface area contributed by atoms with Gasteiger partial charge in [0.2, 0.25) is 0 Å². The zero-order valence-corrected chi connectivity index (χ0v) is 7.95. The van der Waals surface area contributed by atoms with Gasteiger partial charge in [0.15, 0.2) is 0 Å². The molecule has 2 rings (SSSR count). The molecule has 1 unspecified atom stereocenters. The maximum absolute atomic E-state index is 11.5. The molecule has 1 aromatic rings. The van der Waals surface area contributed by atoms with E-state index in [-0.39, 0.29) is 5.91 Å². The fourth-order valence-electron chi connectivity index (χ4n) is 1.62. The fourth-order valence-corrected chi connectivity index (χ4v) is 1.62. The van der Waals surface area contributed by atoms with Gasteiger partial charge < -0.3 is 15.1 Å². The van der Waals surface area contributed by atoms with E-state index >= 15 is 0 Å². The van der Waals surface area contributed by atoms with Crippen LogP contribution in [0.2, 0.25) is 0 Å². The number of hydrogen-bond acceptors (Lipinski definition) is 3. The molecule has 1 aromatic heterocycles. The smallest absolute Gasteiger partial charge is 0.254 e. The highest BCUT2D eigenvalue weighted by Crippen LogP contribution is 2.06. The second-order valence-electron chi connectivity index (χ2n) is 3.58. The first-order valence-corrected chi connectivity index (χ1v) is 4.87. The monoisotopic (exact) mass is 194 g/mol. The summed E-state index contributed by atoms with van der Waals surface area (Å²) in [7, 11) is 0. The Morgan fingerprint density at radius 1 is 1.71 bits per heavy atom. The minimum absolute atomic E-state index is 0.0503. The largest absolute Gasteiger partial charge is 0.472 e. The summed E-state index contributed by atoms with van der Waals surface area (Å²) >= 11 is 0. The molecule has 14 heavy (non-hydrogen) atoms. The molecule has 0 aliphatic carbocycles. The highest BCUT2D eigenvalue weighted by atomic mass is 16.3. The topological polar surface area (TPSA) is 54.3 Å². The predicted molar refractivity (Wildman–Crippen MR) is 52.0 cm³/mol. The highest BCUT2D eigenvalue weighted by Gasteiger charge is 2.15. The SMILES string of the molecule is O=C(NCC1CCNC1)c1ccoc1. The number of carbonyl (C=O) groups is 1. The second kappa shape index (κ2) is 4.28. The van der Waals surface area contributed by atoms with Gasteiger partial charge in [-0.25, -0.2) is 0 Å². The molecule has 0 spiro atoms. The molecular weight excluding hydrogens is 180 g/mol. The third kappa shape index (κ3) is 2.14. The summed E-state index contributed by atoms with van der Waals surface area (Å²) < 4.78 is 4.83. The third-order valence-corrected chi connectivity index (χ3v) is 2.50. The first kappa shape index (κ1) is 9.27.